The number of allylic oxidation sites excluding steroid dienone is 2. The van der Waals surface area contributed by atoms with Crippen molar-refractivity contribution < 1.29 is 4.74 Å². The van der Waals surface area contributed by atoms with Crippen LogP contribution in [0.1, 0.15) is 19.3 Å². The van der Waals surface area contributed by atoms with Crippen molar-refractivity contribution in [3.05, 3.63) is 35.6 Å². The zero-order chi connectivity index (χ0) is 12.2. The molecule has 1 aliphatic rings. The number of unbranched alkanes of at least 4 members (excludes halogenated alkanes) is 1. The number of hydrogen-bond donors (Lipinski definition) is 0. The van der Waals surface area contributed by atoms with Gasteiger partial charge >= 0.3 is 6.00 Å². The lowest BCUT2D eigenvalue weighted by atomic mass is 10.1. The van der Waals surface area contributed by atoms with Crippen molar-refractivity contribution in [3.8, 4) is 0 Å². The van der Waals surface area contributed by atoms with Gasteiger partial charge in [-0.15, -0.1) is 39.8 Å². The summed E-state index contributed by atoms with van der Waals surface area (Å²) >= 11 is 18.3. The topological polar surface area (TPSA) is 9.23 Å². The molecule has 0 saturated carbocycles. The van der Waals surface area contributed by atoms with Crippen LogP contribution in [0.5, 0.6) is 0 Å². The highest BCUT2D eigenvalue weighted by Crippen LogP contribution is 2.37. The van der Waals surface area contributed by atoms with E-state index in [9.17, 15) is 0 Å². The fourth-order valence-corrected chi connectivity index (χ4v) is 4.58. The molecular formula is C11H15Cl3OSi. The van der Waals surface area contributed by atoms with Gasteiger partial charge in [0, 0.05) is 0 Å². The van der Waals surface area contributed by atoms with Gasteiger partial charge in [0.2, 0.25) is 0 Å². The second-order valence-electron chi connectivity index (χ2n) is 3.73. The van der Waals surface area contributed by atoms with Crippen molar-refractivity contribution in [2.75, 3.05) is 13.2 Å². The van der Waals surface area contributed by atoms with E-state index in [-0.39, 0.29) is 0 Å². The molecule has 0 aromatic carbocycles. The third-order valence-electron chi connectivity index (χ3n) is 2.49. The first-order valence-corrected chi connectivity index (χ1v) is 10.2. The molecule has 1 saturated heterocycles. The molecule has 0 aromatic rings. The summed E-state index contributed by atoms with van der Waals surface area (Å²) in [5.74, 6) is 0. The highest BCUT2D eigenvalue weighted by Gasteiger charge is 2.34. The van der Waals surface area contributed by atoms with Crippen LogP contribution in [0.2, 0.25) is 0 Å². The van der Waals surface area contributed by atoms with Crippen LogP contribution in [0.4, 0.5) is 0 Å². The molecule has 16 heavy (non-hydrogen) atoms. The molecule has 1 heterocycles. The number of ether oxygens (including phenoxy) is 1. The van der Waals surface area contributed by atoms with Gasteiger partial charge in [0.25, 0.3) is 0 Å². The molecule has 0 spiro atoms. The first kappa shape index (κ1) is 14.3. The average Bonchev–Trinajstić information content (AvgIpc) is 2.57. The monoisotopic (exact) mass is 296 g/mol. The summed E-state index contributed by atoms with van der Waals surface area (Å²) < 4.78 is 5.32. The van der Waals surface area contributed by atoms with E-state index in [0.717, 1.165) is 35.6 Å². The summed E-state index contributed by atoms with van der Waals surface area (Å²) in [6.45, 7) is 8.71. The average molecular weight is 298 g/mol. The Morgan fingerprint density at radius 1 is 1.38 bits per heavy atom. The molecular weight excluding hydrogens is 283 g/mol. The maximum absolute atomic E-state index is 6.11. The fraction of sp³-hybridized carbons (Fsp3) is 0.455. The van der Waals surface area contributed by atoms with Crippen LogP contribution in [0.15, 0.2) is 35.6 Å². The normalized spacial score (nSPS) is 20.1. The van der Waals surface area contributed by atoms with Crippen LogP contribution in [0.25, 0.3) is 0 Å². The largest absolute Gasteiger partial charge is 0.372 e. The lowest BCUT2D eigenvalue weighted by Crippen LogP contribution is -2.18. The fourth-order valence-electron chi connectivity index (χ4n) is 1.65. The Morgan fingerprint density at radius 2 is 2.06 bits per heavy atom. The molecule has 0 radical (unpaired) electrons. The van der Waals surface area contributed by atoms with E-state index in [4.69, 9.17) is 38.0 Å². The Kier molecular flexibility index (Phi) is 5.61. The molecule has 1 aliphatic heterocycles. The molecule has 5 heteroatoms. The summed E-state index contributed by atoms with van der Waals surface area (Å²) in [6.07, 6.45) is 4.56. The second-order valence-corrected chi connectivity index (χ2v) is 12.2. The predicted octanol–water partition coefficient (Wildman–Crippen LogP) is 4.42. The first-order valence-electron chi connectivity index (χ1n) is 5.13. The van der Waals surface area contributed by atoms with Crippen molar-refractivity contribution in [1.29, 1.82) is 0 Å². The molecule has 0 aromatic heterocycles. The van der Waals surface area contributed by atoms with Gasteiger partial charge in [-0.25, -0.2) is 0 Å². The molecule has 1 rings (SSSR count). The van der Waals surface area contributed by atoms with Crippen LogP contribution >= 0.6 is 33.2 Å². The van der Waals surface area contributed by atoms with Gasteiger partial charge in [0.15, 0.2) is 0 Å². The van der Waals surface area contributed by atoms with Gasteiger partial charge in [-0.3, -0.25) is 0 Å². The number of halogens is 3. The SMILES string of the molecule is C=CCCC/C(=C1\COCC1=C)[Si](Cl)(Cl)Cl. The molecule has 0 aliphatic carbocycles. The maximum atomic E-state index is 6.11. The smallest absolute Gasteiger partial charge is 0.369 e. The molecule has 0 atom stereocenters. The Labute approximate surface area is 112 Å². The summed E-state index contributed by atoms with van der Waals surface area (Å²) in [5, 5.41) is 0.946. The summed E-state index contributed by atoms with van der Waals surface area (Å²) in [6, 6.07) is -2.82. The highest BCUT2D eigenvalue weighted by atomic mass is 35.8. The molecule has 1 fully saturated rings. The van der Waals surface area contributed by atoms with E-state index in [1.165, 1.54) is 0 Å². The zero-order valence-corrected chi connectivity index (χ0v) is 12.3. The maximum Gasteiger partial charge on any atom is 0.369 e. The lowest BCUT2D eigenvalue weighted by Gasteiger charge is -2.16. The first-order chi connectivity index (χ1) is 7.46. The zero-order valence-electron chi connectivity index (χ0n) is 9.07. The molecule has 0 unspecified atom stereocenters. The second kappa shape index (κ2) is 6.27. The van der Waals surface area contributed by atoms with Crippen molar-refractivity contribution in [2.24, 2.45) is 0 Å². The quantitative estimate of drug-likeness (QED) is 0.316. The van der Waals surface area contributed by atoms with Crippen LogP contribution in [0.3, 0.4) is 0 Å². The van der Waals surface area contributed by atoms with E-state index < -0.39 is 6.00 Å². The van der Waals surface area contributed by atoms with Gasteiger partial charge in [0.1, 0.15) is 0 Å². The summed E-state index contributed by atoms with van der Waals surface area (Å²) in [4.78, 5) is 0. The van der Waals surface area contributed by atoms with Gasteiger partial charge in [-0.05, 0) is 35.6 Å². The van der Waals surface area contributed by atoms with Gasteiger partial charge in [0.05, 0.1) is 13.2 Å². The van der Waals surface area contributed by atoms with E-state index in [2.05, 4.69) is 13.2 Å². The lowest BCUT2D eigenvalue weighted by molar-refractivity contribution is 0.215. The molecule has 0 amide bonds. The Hall–Kier alpha value is 0.267. The van der Waals surface area contributed by atoms with Crippen molar-refractivity contribution >= 4 is 39.2 Å². The van der Waals surface area contributed by atoms with Crippen molar-refractivity contribution in [3.63, 3.8) is 0 Å². The number of rotatable bonds is 5. The summed E-state index contributed by atoms with van der Waals surface area (Å²) in [5.41, 5.74) is 1.98. The minimum Gasteiger partial charge on any atom is -0.372 e. The van der Waals surface area contributed by atoms with E-state index in [1.807, 2.05) is 6.08 Å². The minimum absolute atomic E-state index is 0.531. The van der Waals surface area contributed by atoms with Crippen molar-refractivity contribution in [2.45, 2.75) is 19.3 Å². The molecule has 90 valence electrons. The van der Waals surface area contributed by atoms with E-state index in [0.29, 0.717) is 13.2 Å². The molecule has 0 N–H and O–H groups in total. The van der Waals surface area contributed by atoms with Gasteiger partial charge < -0.3 is 4.74 Å². The number of hydrogen-bond acceptors (Lipinski definition) is 1. The van der Waals surface area contributed by atoms with Crippen LogP contribution in [-0.2, 0) is 4.74 Å². The predicted molar refractivity (Wildman–Crippen MR) is 74.3 cm³/mol. The Balaban J connectivity index is 2.86. The van der Waals surface area contributed by atoms with Gasteiger partial charge in [-0.1, -0.05) is 12.7 Å². The van der Waals surface area contributed by atoms with Gasteiger partial charge in [-0.2, -0.15) is 0 Å². The third kappa shape index (κ3) is 3.93. The van der Waals surface area contributed by atoms with Crippen molar-refractivity contribution in [1.82, 2.24) is 0 Å². The summed E-state index contributed by atoms with van der Waals surface area (Å²) in [7, 11) is 0. The third-order valence-corrected chi connectivity index (χ3v) is 5.78. The molecule has 1 nitrogen and oxygen atoms in total. The Morgan fingerprint density at radius 3 is 2.50 bits per heavy atom. The Bertz CT molecular complexity index is 318. The molecule has 0 bridgehead atoms. The standard InChI is InChI=1S/C11H15Cl3OSi/c1-3-4-5-6-11(16(12,13)14)10-8-15-7-9(10)2/h3H,1-2,4-8H2/b11-10-. The minimum atomic E-state index is -2.82. The van der Waals surface area contributed by atoms with E-state index >= 15 is 0 Å². The van der Waals surface area contributed by atoms with Crippen LogP contribution in [-0.4, -0.2) is 19.2 Å². The highest BCUT2D eigenvalue weighted by molar-refractivity contribution is 7.67. The van der Waals surface area contributed by atoms with E-state index in [1.54, 1.807) is 0 Å². The van der Waals surface area contributed by atoms with Crippen LogP contribution in [0, 0.1) is 0 Å². The van der Waals surface area contributed by atoms with Crippen LogP contribution < -0.4 is 0 Å².